The summed E-state index contributed by atoms with van der Waals surface area (Å²) in [4.78, 5) is 11.1. The summed E-state index contributed by atoms with van der Waals surface area (Å²) in [6.45, 7) is 6.51. The van der Waals surface area contributed by atoms with Gasteiger partial charge in [-0.2, -0.15) is 4.31 Å². The summed E-state index contributed by atoms with van der Waals surface area (Å²) in [5.74, 6) is 0.809. The van der Waals surface area contributed by atoms with Gasteiger partial charge >= 0.3 is 0 Å². The molecule has 0 bridgehead atoms. The number of nitrogens with one attached hydrogen (secondary N) is 1. The molecule has 0 saturated carbocycles. The lowest BCUT2D eigenvalue weighted by Gasteiger charge is -2.31. The molecule has 0 atom stereocenters. The zero-order valence-corrected chi connectivity index (χ0v) is 18.1. The van der Waals surface area contributed by atoms with E-state index < -0.39 is 10.0 Å². The highest BCUT2D eigenvalue weighted by atomic mass is 32.2. The van der Waals surface area contributed by atoms with Gasteiger partial charge < -0.3 is 9.84 Å². The molecule has 1 aromatic heterocycles. The number of carbonyl (C=O) groups excluding carboxylic acids is 1. The molecule has 29 heavy (non-hydrogen) atoms. The lowest BCUT2D eigenvalue weighted by atomic mass is 9.90. The fourth-order valence-corrected chi connectivity index (χ4v) is 5.64. The number of piperidine rings is 1. The summed E-state index contributed by atoms with van der Waals surface area (Å²) in [5.41, 5.74) is 2.88. The van der Waals surface area contributed by atoms with E-state index in [9.17, 15) is 13.2 Å². The third-order valence-corrected chi connectivity index (χ3v) is 7.62. The second-order valence-corrected chi connectivity index (χ2v) is 9.63. The molecule has 2 aromatic rings. The summed E-state index contributed by atoms with van der Waals surface area (Å²) < 4.78 is 32.4. The number of aromatic nitrogens is 1. The first-order valence-corrected chi connectivity index (χ1v) is 11.5. The fraction of sp³-hybridized carbons (Fsp3) is 0.524. The van der Waals surface area contributed by atoms with Gasteiger partial charge in [0.25, 0.3) is 0 Å². The first kappa shape index (κ1) is 21.5. The minimum absolute atomic E-state index is 0.00988. The minimum atomic E-state index is -3.55. The first-order valence-electron chi connectivity index (χ1n) is 10.0. The average molecular weight is 420 g/mol. The molecule has 0 spiro atoms. The Hall–Kier alpha value is -2.19. The monoisotopic (exact) mass is 419 g/mol. The van der Waals surface area contributed by atoms with Gasteiger partial charge in [-0.1, -0.05) is 29.4 Å². The highest BCUT2D eigenvalue weighted by molar-refractivity contribution is 7.89. The normalized spacial score (nSPS) is 16.1. The summed E-state index contributed by atoms with van der Waals surface area (Å²) in [7, 11) is -3.55. The zero-order valence-electron chi connectivity index (χ0n) is 17.3. The Morgan fingerprint density at radius 2 is 1.79 bits per heavy atom. The third-order valence-electron chi connectivity index (χ3n) is 5.47. The van der Waals surface area contributed by atoms with E-state index in [0.717, 1.165) is 25.7 Å². The maximum Gasteiger partial charge on any atom is 0.248 e. The summed E-state index contributed by atoms with van der Waals surface area (Å²) in [6, 6.07) is 8.48. The van der Waals surface area contributed by atoms with Crippen molar-refractivity contribution in [2.24, 2.45) is 5.92 Å². The number of hydrogen-bond acceptors (Lipinski definition) is 5. The number of sulfonamides is 1. The molecule has 0 aliphatic carbocycles. The van der Waals surface area contributed by atoms with Crippen LogP contribution in [0.4, 0.5) is 0 Å². The summed E-state index contributed by atoms with van der Waals surface area (Å²) in [6.07, 6.45) is 3.45. The lowest BCUT2D eigenvalue weighted by molar-refractivity contribution is -0.118. The summed E-state index contributed by atoms with van der Waals surface area (Å²) in [5, 5.41) is 6.59. The third kappa shape index (κ3) is 5.25. The van der Waals surface area contributed by atoms with E-state index in [1.165, 1.54) is 18.1 Å². The Morgan fingerprint density at radius 3 is 2.34 bits per heavy atom. The van der Waals surface area contributed by atoms with E-state index in [2.05, 4.69) is 34.7 Å². The van der Waals surface area contributed by atoms with Crippen molar-refractivity contribution in [2.45, 2.75) is 51.3 Å². The molecule has 8 heteroatoms. The first-order chi connectivity index (χ1) is 13.8. The molecule has 1 amide bonds. The molecule has 1 aliphatic heterocycles. The number of carbonyl (C=O) groups is 1. The number of benzene rings is 1. The average Bonchev–Trinajstić information content (AvgIpc) is 3.02. The topological polar surface area (TPSA) is 92.5 Å². The van der Waals surface area contributed by atoms with E-state index >= 15 is 0 Å². The lowest BCUT2D eigenvalue weighted by Crippen LogP contribution is -2.39. The van der Waals surface area contributed by atoms with Crippen LogP contribution in [0.5, 0.6) is 0 Å². The molecular weight excluding hydrogens is 390 g/mol. The predicted molar refractivity (Wildman–Crippen MR) is 110 cm³/mol. The van der Waals surface area contributed by atoms with Crippen LogP contribution >= 0.6 is 0 Å². The van der Waals surface area contributed by atoms with E-state index in [1.54, 1.807) is 18.2 Å². The molecule has 1 fully saturated rings. The quantitative estimate of drug-likeness (QED) is 0.745. The van der Waals surface area contributed by atoms with Crippen LogP contribution in [0.15, 0.2) is 33.7 Å². The van der Waals surface area contributed by atoms with Crippen LogP contribution < -0.4 is 5.32 Å². The molecule has 3 rings (SSSR count). The van der Waals surface area contributed by atoms with Gasteiger partial charge in [0.2, 0.25) is 15.9 Å². The molecule has 7 nitrogen and oxygen atoms in total. The van der Waals surface area contributed by atoms with Crippen molar-refractivity contribution < 1.29 is 17.7 Å². The highest BCUT2D eigenvalue weighted by Gasteiger charge is 2.33. The molecule has 1 aliphatic rings. The van der Waals surface area contributed by atoms with Gasteiger partial charge in [-0.25, -0.2) is 8.42 Å². The van der Waals surface area contributed by atoms with E-state index in [0.29, 0.717) is 37.0 Å². The molecule has 1 aromatic carbocycles. The number of amides is 1. The van der Waals surface area contributed by atoms with Crippen LogP contribution in [-0.2, 0) is 27.7 Å². The van der Waals surface area contributed by atoms with E-state index in [4.69, 9.17) is 4.52 Å². The van der Waals surface area contributed by atoms with Crippen LogP contribution in [0.1, 0.15) is 42.3 Å². The molecular formula is C21H29N3O4S. The number of rotatable bonds is 7. The fourth-order valence-electron chi connectivity index (χ4n) is 3.88. The van der Waals surface area contributed by atoms with Crippen molar-refractivity contribution in [1.82, 2.24) is 14.8 Å². The van der Waals surface area contributed by atoms with Gasteiger partial charge in [0.05, 0.1) is 0 Å². The van der Waals surface area contributed by atoms with Crippen LogP contribution in [0, 0.1) is 19.8 Å². The van der Waals surface area contributed by atoms with Gasteiger partial charge in [0.1, 0.15) is 10.6 Å². The Morgan fingerprint density at radius 1 is 1.17 bits per heavy atom. The van der Waals surface area contributed by atoms with Gasteiger partial charge in [0.15, 0.2) is 5.76 Å². The number of nitrogens with zero attached hydrogens (tertiary/aromatic N) is 2. The largest absolute Gasteiger partial charge is 0.360 e. The Labute approximate surface area is 172 Å². The SMILES string of the molecule is CC(=O)NCCc1ccc(CC2CCN(S(=O)(=O)c3c(C)noc3C)CC2)cc1. The number of hydrogen-bond donors (Lipinski definition) is 1. The van der Waals surface area contributed by atoms with Gasteiger partial charge in [-0.15, -0.1) is 0 Å². The second kappa shape index (κ2) is 9.09. The minimum Gasteiger partial charge on any atom is -0.360 e. The highest BCUT2D eigenvalue weighted by Crippen LogP contribution is 2.29. The maximum atomic E-state index is 12.9. The van der Waals surface area contributed by atoms with Crippen molar-refractivity contribution in [3.8, 4) is 0 Å². The van der Waals surface area contributed by atoms with Crippen molar-refractivity contribution in [3.63, 3.8) is 0 Å². The van der Waals surface area contributed by atoms with Crippen molar-refractivity contribution in [3.05, 3.63) is 46.8 Å². The van der Waals surface area contributed by atoms with E-state index in [1.807, 2.05) is 0 Å². The van der Waals surface area contributed by atoms with Crippen molar-refractivity contribution >= 4 is 15.9 Å². The van der Waals surface area contributed by atoms with Crippen LogP contribution in [0.2, 0.25) is 0 Å². The van der Waals surface area contributed by atoms with E-state index in [-0.39, 0.29) is 10.8 Å². The second-order valence-electron chi connectivity index (χ2n) is 7.75. The molecule has 0 radical (unpaired) electrons. The Balaban J connectivity index is 1.53. The predicted octanol–water partition coefficient (Wildman–Crippen LogP) is 2.61. The molecule has 0 unspecified atom stereocenters. The Kier molecular flexibility index (Phi) is 6.74. The maximum absolute atomic E-state index is 12.9. The molecule has 158 valence electrons. The van der Waals surface area contributed by atoms with Gasteiger partial charge in [-0.3, -0.25) is 4.79 Å². The standard InChI is InChI=1S/C21H29N3O4S/c1-15-21(16(2)28-23-15)29(26,27)24-12-9-20(10-13-24)14-19-6-4-18(5-7-19)8-11-22-17(3)25/h4-7,20H,8-14H2,1-3H3,(H,22,25). The molecule has 1 N–H and O–H groups in total. The number of aryl methyl sites for hydroxylation is 2. The Bertz CT molecular complexity index is 923. The van der Waals surface area contributed by atoms with Crippen LogP contribution in [0.25, 0.3) is 0 Å². The van der Waals surface area contributed by atoms with Crippen LogP contribution in [-0.4, -0.2) is 43.4 Å². The molecule has 1 saturated heterocycles. The molecule has 2 heterocycles. The van der Waals surface area contributed by atoms with Gasteiger partial charge in [0, 0.05) is 26.6 Å². The summed E-state index contributed by atoms with van der Waals surface area (Å²) >= 11 is 0. The van der Waals surface area contributed by atoms with Crippen LogP contribution in [0.3, 0.4) is 0 Å². The van der Waals surface area contributed by atoms with Crippen molar-refractivity contribution in [1.29, 1.82) is 0 Å². The van der Waals surface area contributed by atoms with Gasteiger partial charge in [-0.05, 0) is 56.6 Å². The smallest absolute Gasteiger partial charge is 0.248 e. The zero-order chi connectivity index (χ0) is 21.0. The van der Waals surface area contributed by atoms with Crippen molar-refractivity contribution in [2.75, 3.05) is 19.6 Å².